The van der Waals surface area contributed by atoms with Crippen LogP contribution in [-0.2, 0) is 0 Å². The summed E-state index contributed by atoms with van der Waals surface area (Å²) in [6.07, 6.45) is 7.02. The van der Waals surface area contributed by atoms with Gasteiger partial charge in [0.15, 0.2) is 0 Å². The van der Waals surface area contributed by atoms with E-state index in [-0.39, 0.29) is 0 Å². The molecule has 4 heteroatoms. The van der Waals surface area contributed by atoms with Crippen molar-refractivity contribution in [2.75, 3.05) is 50.8 Å². The predicted molar refractivity (Wildman–Crippen MR) is 83.7 cm³/mol. The third-order valence-electron chi connectivity index (χ3n) is 3.48. The molecule has 0 atom stereocenters. The second-order valence-electron chi connectivity index (χ2n) is 4.90. The minimum atomic E-state index is 1.01. The molecule has 2 aliphatic heterocycles. The average molecular weight is 277 g/mol. The SMILES string of the molecule is SCCN1CCCC1.SCCN1CCCCC1. The number of piperidine rings is 1. The Bertz CT molecular complexity index is 164. The van der Waals surface area contributed by atoms with Crippen molar-refractivity contribution in [2.45, 2.75) is 32.1 Å². The molecule has 0 aromatic carbocycles. The van der Waals surface area contributed by atoms with E-state index in [1.54, 1.807) is 0 Å². The van der Waals surface area contributed by atoms with Crippen molar-refractivity contribution in [3.8, 4) is 0 Å². The van der Waals surface area contributed by atoms with Crippen molar-refractivity contribution in [1.82, 2.24) is 9.80 Å². The van der Waals surface area contributed by atoms with E-state index in [0.29, 0.717) is 0 Å². The lowest BCUT2D eigenvalue weighted by Crippen LogP contribution is -2.31. The number of rotatable bonds is 4. The highest BCUT2D eigenvalue weighted by molar-refractivity contribution is 7.80. The van der Waals surface area contributed by atoms with Gasteiger partial charge in [0.05, 0.1) is 0 Å². The van der Waals surface area contributed by atoms with Crippen LogP contribution in [0, 0.1) is 0 Å². The average Bonchev–Trinajstić information content (AvgIpc) is 2.85. The quantitative estimate of drug-likeness (QED) is 0.762. The molecule has 2 nitrogen and oxygen atoms in total. The maximum absolute atomic E-state index is 4.19. The maximum atomic E-state index is 4.19. The highest BCUT2D eigenvalue weighted by Gasteiger charge is 2.08. The normalized spacial score (nSPS) is 22.2. The fraction of sp³-hybridized carbons (Fsp3) is 1.00. The second-order valence-corrected chi connectivity index (χ2v) is 5.79. The molecule has 2 fully saturated rings. The van der Waals surface area contributed by atoms with E-state index in [1.165, 1.54) is 71.4 Å². The van der Waals surface area contributed by atoms with Gasteiger partial charge >= 0.3 is 0 Å². The Morgan fingerprint density at radius 2 is 0.941 bits per heavy atom. The molecule has 0 spiro atoms. The molecule has 0 saturated carbocycles. The van der Waals surface area contributed by atoms with Gasteiger partial charge in [-0.1, -0.05) is 6.42 Å². The molecule has 0 aliphatic carbocycles. The van der Waals surface area contributed by atoms with Crippen LogP contribution in [0.4, 0.5) is 0 Å². The smallest absolute Gasteiger partial charge is 0.00698 e. The summed E-state index contributed by atoms with van der Waals surface area (Å²) < 4.78 is 0. The summed E-state index contributed by atoms with van der Waals surface area (Å²) in [6, 6.07) is 0. The van der Waals surface area contributed by atoms with Crippen molar-refractivity contribution in [1.29, 1.82) is 0 Å². The van der Waals surface area contributed by atoms with E-state index < -0.39 is 0 Å². The Morgan fingerprint density at radius 3 is 1.29 bits per heavy atom. The minimum Gasteiger partial charge on any atom is -0.303 e. The molecular weight excluding hydrogens is 248 g/mol. The molecule has 0 radical (unpaired) electrons. The van der Waals surface area contributed by atoms with Crippen LogP contribution < -0.4 is 0 Å². The van der Waals surface area contributed by atoms with E-state index in [4.69, 9.17) is 0 Å². The first-order chi connectivity index (χ1) is 8.36. The van der Waals surface area contributed by atoms with Gasteiger partial charge in [-0.15, -0.1) is 0 Å². The number of nitrogens with zero attached hydrogens (tertiary/aromatic N) is 2. The fourth-order valence-corrected chi connectivity index (χ4v) is 3.04. The summed E-state index contributed by atoms with van der Waals surface area (Å²) in [4.78, 5) is 4.96. The lowest BCUT2D eigenvalue weighted by Gasteiger charge is -2.25. The van der Waals surface area contributed by atoms with Crippen LogP contribution in [0.15, 0.2) is 0 Å². The molecule has 2 saturated heterocycles. The molecule has 17 heavy (non-hydrogen) atoms. The Labute approximate surface area is 118 Å². The van der Waals surface area contributed by atoms with Gasteiger partial charge in [0.1, 0.15) is 0 Å². The Morgan fingerprint density at radius 1 is 0.588 bits per heavy atom. The van der Waals surface area contributed by atoms with Crippen molar-refractivity contribution in [3.05, 3.63) is 0 Å². The van der Waals surface area contributed by atoms with Gasteiger partial charge in [-0.05, 0) is 51.9 Å². The molecule has 0 aromatic rings. The minimum absolute atomic E-state index is 1.01. The van der Waals surface area contributed by atoms with Crippen LogP contribution in [0.5, 0.6) is 0 Å². The lowest BCUT2D eigenvalue weighted by molar-refractivity contribution is 0.242. The van der Waals surface area contributed by atoms with Crippen LogP contribution in [0.1, 0.15) is 32.1 Å². The standard InChI is InChI=1S/C7H15NS.C6H13NS/c9-7-6-8-4-2-1-3-5-8;8-6-5-7-3-1-2-4-7/h9H,1-7H2;8H,1-6H2. The summed E-state index contributed by atoms with van der Waals surface area (Å²) in [5.41, 5.74) is 0. The lowest BCUT2D eigenvalue weighted by atomic mass is 10.1. The zero-order chi connectivity index (χ0) is 12.3. The highest BCUT2D eigenvalue weighted by atomic mass is 32.1. The van der Waals surface area contributed by atoms with E-state index in [9.17, 15) is 0 Å². The van der Waals surface area contributed by atoms with Crippen LogP contribution >= 0.6 is 25.3 Å². The van der Waals surface area contributed by atoms with Crippen LogP contribution in [-0.4, -0.2) is 60.6 Å². The molecule has 0 amide bonds. The van der Waals surface area contributed by atoms with Crippen molar-refractivity contribution < 1.29 is 0 Å². The monoisotopic (exact) mass is 276 g/mol. The largest absolute Gasteiger partial charge is 0.303 e. The predicted octanol–water partition coefficient (Wildman–Crippen LogP) is 2.41. The van der Waals surface area contributed by atoms with Crippen LogP contribution in [0.25, 0.3) is 0 Å². The summed E-state index contributed by atoms with van der Waals surface area (Å²) in [7, 11) is 0. The summed E-state index contributed by atoms with van der Waals surface area (Å²) in [5.74, 6) is 2.03. The molecule has 2 heterocycles. The molecule has 0 unspecified atom stereocenters. The topological polar surface area (TPSA) is 6.48 Å². The third-order valence-corrected chi connectivity index (χ3v) is 3.88. The molecule has 0 bridgehead atoms. The van der Waals surface area contributed by atoms with E-state index in [1.807, 2.05) is 0 Å². The van der Waals surface area contributed by atoms with Gasteiger partial charge in [-0.3, -0.25) is 0 Å². The van der Waals surface area contributed by atoms with Gasteiger partial charge < -0.3 is 9.80 Å². The molecule has 0 aromatic heterocycles. The van der Waals surface area contributed by atoms with E-state index in [2.05, 4.69) is 35.1 Å². The Balaban J connectivity index is 0.000000171. The number of likely N-dealkylation sites (tertiary alicyclic amines) is 2. The third kappa shape index (κ3) is 7.60. The van der Waals surface area contributed by atoms with Gasteiger partial charge in [-0.25, -0.2) is 0 Å². The van der Waals surface area contributed by atoms with Gasteiger partial charge in [0, 0.05) is 24.6 Å². The molecule has 2 aliphatic rings. The van der Waals surface area contributed by atoms with Gasteiger partial charge in [0.2, 0.25) is 0 Å². The molecule has 2 rings (SSSR count). The zero-order valence-electron chi connectivity index (χ0n) is 11.0. The Hall–Kier alpha value is 0.620. The van der Waals surface area contributed by atoms with Crippen LogP contribution in [0.3, 0.4) is 0 Å². The first kappa shape index (κ1) is 15.7. The number of hydrogen-bond donors (Lipinski definition) is 2. The maximum Gasteiger partial charge on any atom is 0.00698 e. The van der Waals surface area contributed by atoms with Crippen molar-refractivity contribution in [3.63, 3.8) is 0 Å². The summed E-state index contributed by atoms with van der Waals surface area (Å²) in [6.45, 7) is 7.59. The Kier molecular flexibility index (Phi) is 9.71. The van der Waals surface area contributed by atoms with Crippen molar-refractivity contribution >= 4 is 25.3 Å². The number of thiol groups is 2. The molecule has 102 valence electrons. The second kappa shape index (κ2) is 10.5. The summed E-state index contributed by atoms with van der Waals surface area (Å²) in [5, 5.41) is 0. The van der Waals surface area contributed by atoms with Crippen molar-refractivity contribution in [2.24, 2.45) is 0 Å². The van der Waals surface area contributed by atoms with E-state index in [0.717, 1.165) is 11.5 Å². The van der Waals surface area contributed by atoms with Gasteiger partial charge in [-0.2, -0.15) is 25.3 Å². The highest BCUT2D eigenvalue weighted by Crippen LogP contribution is 2.07. The molecule has 0 N–H and O–H groups in total. The van der Waals surface area contributed by atoms with Crippen LogP contribution in [0.2, 0.25) is 0 Å². The molecular formula is C13H28N2S2. The fourth-order valence-electron chi connectivity index (χ4n) is 2.47. The first-order valence-electron chi connectivity index (χ1n) is 7.03. The van der Waals surface area contributed by atoms with E-state index >= 15 is 0 Å². The number of hydrogen-bond acceptors (Lipinski definition) is 4. The first-order valence-corrected chi connectivity index (χ1v) is 8.29. The van der Waals surface area contributed by atoms with Gasteiger partial charge in [0.25, 0.3) is 0 Å². The zero-order valence-corrected chi connectivity index (χ0v) is 12.8. The summed E-state index contributed by atoms with van der Waals surface area (Å²) >= 11 is 8.34.